The van der Waals surface area contributed by atoms with Crippen LogP contribution in [0.2, 0.25) is 0 Å². The van der Waals surface area contributed by atoms with E-state index in [1.165, 1.54) is 5.56 Å². The van der Waals surface area contributed by atoms with E-state index in [-0.39, 0.29) is 0 Å². The first kappa shape index (κ1) is 13.3. The second-order valence-electron chi connectivity index (χ2n) is 4.56. The lowest BCUT2D eigenvalue weighted by atomic mass is 10.2. The molecule has 0 aliphatic heterocycles. The maximum Gasteiger partial charge on any atom is 0.214 e. The third-order valence-corrected chi connectivity index (χ3v) is 3.05. The Morgan fingerprint density at radius 2 is 2.32 bits per heavy atom. The quantitative estimate of drug-likeness (QED) is 0.715. The van der Waals surface area contributed by atoms with Crippen LogP contribution in [-0.4, -0.2) is 22.5 Å². The predicted molar refractivity (Wildman–Crippen MR) is 76.1 cm³/mol. The van der Waals surface area contributed by atoms with Crippen molar-refractivity contribution in [2.24, 2.45) is 0 Å². The van der Waals surface area contributed by atoms with E-state index >= 15 is 0 Å². The summed E-state index contributed by atoms with van der Waals surface area (Å²) in [5.74, 6) is 0. The normalized spacial score (nSPS) is 10.4. The summed E-state index contributed by atoms with van der Waals surface area (Å²) < 4.78 is 2.01. The van der Waals surface area contributed by atoms with Crippen LogP contribution < -0.4 is 4.90 Å². The fourth-order valence-corrected chi connectivity index (χ4v) is 2.00. The third-order valence-electron chi connectivity index (χ3n) is 3.05. The first-order chi connectivity index (χ1) is 9.33. The molecule has 0 N–H and O–H groups in total. The van der Waals surface area contributed by atoms with Gasteiger partial charge in [-0.15, -0.1) is 0 Å². The molecule has 0 unspecified atom stereocenters. The summed E-state index contributed by atoms with van der Waals surface area (Å²) in [6.07, 6.45) is 8.50. The molecule has 2 rings (SSSR count). The molecule has 4 heteroatoms. The zero-order chi connectivity index (χ0) is 13.5. The molecule has 0 spiro atoms. The molecule has 0 fully saturated rings. The molecule has 0 saturated heterocycles. The number of hydrogen-bond acceptors (Lipinski definition) is 2. The number of aromatic nitrogens is 2. The van der Waals surface area contributed by atoms with E-state index in [0.717, 1.165) is 38.0 Å². The molecule has 0 bridgehead atoms. The second-order valence-corrected chi connectivity index (χ2v) is 4.56. The molecule has 19 heavy (non-hydrogen) atoms. The summed E-state index contributed by atoms with van der Waals surface area (Å²) in [6.45, 7) is 3.67. The van der Waals surface area contributed by atoms with Gasteiger partial charge in [0.25, 0.3) is 0 Å². The minimum Gasteiger partial charge on any atom is -0.333 e. The van der Waals surface area contributed by atoms with E-state index in [1.807, 2.05) is 22.9 Å². The number of imidazole rings is 1. The summed E-state index contributed by atoms with van der Waals surface area (Å²) in [7, 11) is 0. The topological polar surface area (TPSA) is 38.1 Å². The standard InChI is InChI=1S/C15H19N3O/c1-2-3-8-18(13-19)15-6-4-5-14(10-15)11-17-9-7-16-12-17/h4-7,9-10,12-13H,2-3,8,11H2,1H3. The van der Waals surface area contributed by atoms with Crippen molar-refractivity contribution < 1.29 is 4.79 Å². The van der Waals surface area contributed by atoms with Gasteiger partial charge in [0, 0.05) is 31.2 Å². The van der Waals surface area contributed by atoms with Crippen molar-refractivity contribution in [1.82, 2.24) is 9.55 Å². The molecule has 0 radical (unpaired) electrons. The minimum absolute atomic E-state index is 0.772. The Bertz CT molecular complexity index is 508. The van der Waals surface area contributed by atoms with Crippen LogP contribution in [0.1, 0.15) is 25.3 Å². The first-order valence-corrected chi connectivity index (χ1v) is 6.60. The van der Waals surface area contributed by atoms with E-state index in [2.05, 4.69) is 24.0 Å². The van der Waals surface area contributed by atoms with Crippen LogP contribution in [-0.2, 0) is 11.3 Å². The van der Waals surface area contributed by atoms with Gasteiger partial charge in [-0.2, -0.15) is 0 Å². The summed E-state index contributed by atoms with van der Waals surface area (Å²) in [5, 5.41) is 0. The number of rotatable bonds is 7. The van der Waals surface area contributed by atoms with Crippen molar-refractivity contribution in [1.29, 1.82) is 0 Å². The van der Waals surface area contributed by atoms with Gasteiger partial charge in [-0.05, 0) is 24.1 Å². The Labute approximate surface area is 113 Å². The SMILES string of the molecule is CCCCN(C=O)c1cccc(Cn2ccnc2)c1. The summed E-state index contributed by atoms with van der Waals surface area (Å²) in [6, 6.07) is 8.09. The number of unbranched alkanes of at least 4 members (excludes halogenated alkanes) is 1. The lowest BCUT2D eigenvalue weighted by Gasteiger charge is -2.18. The molecule has 1 amide bonds. The van der Waals surface area contributed by atoms with Crippen LogP contribution in [0.4, 0.5) is 5.69 Å². The highest BCUT2D eigenvalue weighted by Gasteiger charge is 2.05. The van der Waals surface area contributed by atoms with Crippen LogP contribution in [0, 0.1) is 0 Å². The third kappa shape index (κ3) is 3.68. The zero-order valence-electron chi connectivity index (χ0n) is 11.2. The molecule has 1 aromatic carbocycles. The maximum absolute atomic E-state index is 11.2. The molecule has 1 aromatic heterocycles. The predicted octanol–water partition coefficient (Wildman–Crippen LogP) is 2.69. The van der Waals surface area contributed by atoms with Gasteiger partial charge in [0.2, 0.25) is 6.41 Å². The highest BCUT2D eigenvalue weighted by atomic mass is 16.1. The van der Waals surface area contributed by atoms with Gasteiger partial charge < -0.3 is 9.47 Å². The van der Waals surface area contributed by atoms with E-state index in [9.17, 15) is 4.79 Å². The molecule has 100 valence electrons. The van der Waals surface area contributed by atoms with Crippen LogP contribution in [0.25, 0.3) is 0 Å². The smallest absolute Gasteiger partial charge is 0.214 e. The Balaban J connectivity index is 2.11. The second kappa shape index (κ2) is 6.73. The summed E-state index contributed by atoms with van der Waals surface area (Å²) in [5.41, 5.74) is 2.12. The molecule has 0 atom stereocenters. The van der Waals surface area contributed by atoms with E-state index < -0.39 is 0 Å². The molecule has 0 saturated carbocycles. The Hall–Kier alpha value is -2.10. The fourth-order valence-electron chi connectivity index (χ4n) is 2.00. The van der Waals surface area contributed by atoms with Gasteiger partial charge in [-0.1, -0.05) is 25.5 Å². The first-order valence-electron chi connectivity index (χ1n) is 6.60. The monoisotopic (exact) mass is 257 g/mol. The maximum atomic E-state index is 11.2. The summed E-state index contributed by atoms with van der Waals surface area (Å²) in [4.78, 5) is 16.9. The van der Waals surface area contributed by atoms with Crippen LogP contribution in [0.5, 0.6) is 0 Å². The number of benzene rings is 1. The van der Waals surface area contributed by atoms with E-state index in [4.69, 9.17) is 0 Å². The van der Waals surface area contributed by atoms with Crippen molar-refractivity contribution in [3.63, 3.8) is 0 Å². The average molecular weight is 257 g/mol. The van der Waals surface area contributed by atoms with Gasteiger partial charge in [0.05, 0.1) is 6.33 Å². The molecule has 2 aromatic rings. The molecule has 0 aliphatic rings. The van der Waals surface area contributed by atoms with E-state index in [1.54, 1.807) is 17.4 Å². The Kier molecular flexibility index (Phi) is 4.72. The van der Waals surface area contributed by atoms with E-state index in [0.29, 0.717) is 0 Å². The number of carbonyl (C=O) groups excluding carboxylic acids is 1. The van der Waals surface area contributed by atoms with Crippen LogP contribution >= 0.6 is 0 Å². The molecule has 1 heterocycles. The van der Waals surface area contributed by atoms with Crippen molar-refractivity contribution in [2.75, 3.05) is 11.4 Å². The van der Waals surface area contributed by atoms with Crippen LogP contribution in [0.15, 0.2) is 43.0 Å². The number of hydrogen-bond donors (Lipinski definition) is 0. The summed E-state index contributed by atoms with van der Waals surface area (Å²) >= 11 is 0. The molecule has 0 aliphatic carbocycles. The number of anilines is 1. The highest BCUT2D eigenvalue weighted by Crippen LogP contribution is 2.16. The minimum atomic E-state index is 0.772. The Morgan fingerprint density at radius 1 is 1.42 bits per heavy atom. The average Bonchev–Trinajstić information content (AvgIpc) is 2.93. The highest BCUT2D eigenvalue weighted by molar-refractivity contribution is 5.75. The van der Waals surface area contributed by atoms with Crippen molar-refractivity contribution >= 4 is 12.1 Å². The van der Waals surface area contributed by atoms with Gasteiger partial charge >= 0.3 is 0 Å². The number of carbonyl (C=O) groups is 1. The van der Waals surface area contributed by atoms with Gasteiger partial charge in [0.1, 0.15) is 0 Å². The molecular formula is C15H19N3O. The lowest BCUT2D eigenvalue weighted by molar-refractivity contribution is -0.107. The van der Waals surface area contributed by atoms with Crippen molar-refractivity contribution in [2.45, 2.75) is 26.3 Å². The lowest BCUT2D eigenvalue weighted by Crippen LogP contribution is -2.22. The van der Waals surface area contributed by atoms with Crippen LogP contribution in [0.3, 0.4) is 0 Å². The largest absolute Gasteiger partial charge is 0.333 e. The van der Waals surface area contributed by atoms with Gasteiger partial charge in [-0.3, -0.25) is 4.79 Å². The molecule has 4 nitrogen and oxygen atoms in total. The van der Waals surface area contributed by atoms with Gasteiger partial charge in [0.15, 0.2) is 0 Å². The Morgan fingerprint density at radius 3 is 3.00 bits per heavy atom. The molecular weight excluding hydrogens is 238 g/mol. The zero-order valence-corrected chi connectivity index (χ0v) is 11.2. The van der Waals surface area contributed by atoms with Gasteiger partial charge in [-0.25, -0.2) is 4.98 Å². The van der Waals surface area contributed by atoms with Crippen molar-refractivity contribution in [3.8, 4) is 0 Å². The van der Waals surface area contributed by atoms with Crippen molar-refractivity contribution in [3.05, 3.63) is 48.5 Å². The number of amides is 1. The fraction of sp³-hybridized carbons (Fsp3) is 0.333. The number of nitrogens with zero attached hydrogens (tertiary/aromatic N) is 3.